The van der Waals surface area contributed by atoms with Crippen LogP contribution in [0.2, 0.25) is 0 Å². The van der Waals surface area contributed by atoms with Gasteiger partial charge in [-0.15, -0.1) is 24.0 Å². The molecule has 0 spiro atoms. The Hall–Kier alpha value is -0.830. The third kappa shape index (κ3) is 6.08. The largest absolute Gasteiger partial charge is 0.350 e. The number of hydrogen-bond donors (Lipinski definition) is 1. The van der Waals surface area contributed by atoms with Crippen LogP contribution in [0, 0.1) is 11.3 Å². The third-order valence-corrected chi connectivity index (χ3v) is 8.02. The molecule has 2 aliphatic rings. The molecule has 3 atom stereocenters. The van der Waals surface area contributed by atoms with Crippen molar-refractivity contribution in [3.05, 3.63) is 35.9 Å². The SMILES string of the molecule is CCC1(C)CCN(C(=NCC2CCS(=O)(=O)C2)NC(C)c2ccccc2)C1.I. The van der Waals surface area contributed by atoms with E-state index in [4.69, 9.17) is 4.99 Å². The normalized spacial score (nSPS) is 28.0. The lowest BCUT2D eigenvalue weighted by molar-refractivity contribution is 0.320. The Kier molecular flexibility index (Phi) is 8.19. The molecule has 3 unspecified atom stereocenters. The zero-order chi connectivity index (χ0) is 19.5. The van der Waals surface area contributed by atoms with Gasteiger partial charge in [0.15, 0.2) is 15.8 Å². The van der Waals surface area contributed by atoms with Crippen molar-refractivity contribution in [3.63, 3.8) is 0 Å². The lowest BCUT2D eigenvalue weighted by atomic mass is 9.87. The fourth-order valence-corrected chi connectivity index (χ4v) is 5.83. The van der Waals surface area contributed by atoms with Crippen LogP contribution in [0.4, 0.5) is 0 Å². The summed E-state index contributed by atoms with van der Waals surface area (Å²) in [6.07, 6.45) is 3.06. The molecule has 1 N–H and O–H groups in total. The highest BCUT2D eigenvalue weighted by molar-refractivity contribution is 14.0. The van der Waals surface area contributed by atoms with Crippen molar-refractivity contribution in [2.75, 3.05) is 31.1 Å². The molecule has 5 nitrogen and oxygen atoms in total. The van der Waals surface area contributed by atoms with Gasteiger partial charge in [-0.2, -0.15) is 0 Å². The number of nitrogens with one attached hydrogen (secondary N) is 1. The van der Waals surface area contributed by atoms with E-state index in [2.05, 4.69) is 55.3 Å². The summed E-state index contributed by atoms with van der Waals surface area (Å²) in [6.45, 7) is 9.33. The van der Waals surface area contributed by atoms with Gasteiger partial charge in [0, 0.05) is 19.6 Å². The first kappa shape index (κ1) is 23.4. The van der Waals surface area contributed by atoms with E-state index in [9.17, 15) is 8.42 Å². The first-order chi connectivity index (χ1) is 12.8. The van der Waals surface area contributed by atoms with Crippen LogP contribution in [0.25, 0.3) is 0 Å². The number of hydrogen-bond acceptors (Lipinski definition) is 3. The predicted molar refractivity (Wildman–Crippen MR) is 127 cm³/mol. The van der Waals surface area contributed by atoms with Crippen molar-refractivity contribution in [2.24, 2.45) is 16.3 Å². The van der Waals surface area contributed by atoms with Gasteiger partial charge in [0.05, 0.1) is 17.5 Å². The smallest absolute Gasteiger partial charge is 0.194 e. The second kappa shape index (κ2) is 9.78. The summed E-state index contributed by atoms with van der Waals surface area (Å²) in [5.74, 6) is 1.67. The van der Waals surface area contributed by atoms with Gasteiger partial charge < -0.3 is 10.2 Å². The summed E-state index contributed by atoms with van der Waals surface area (Å²) in [5, 5.41) is 3.61. The molecule has 2 saturated heterocycles. The number of nitrogens with zero attached hydrogens (tertiary/aromatic N) is 2. The van der Waals surface area contributed by atoms with Crippen molar-refractivity contribution in [2.45, 2.75) is 46.1 Å². The fourth-order valence-electron chi connectivity index (χ4n) is 3.98. The summed E-state index contributed by atoms with van der Waals surface area (Å²) in [4.78, 5) is 7.24. The van der Waals surface area contributed by atoms with E-state index < -0.39 is 9.84 Å². The lowest BCUT2D eigenvalue weighted by Crippen LogP contribution is -2.42. The van der Waals surface area contributed by atoms with Crippen LogP contribution in [0.15, 0.2) is 35.3 Å². The summed E-state index contributed by atoms with van der Waals surface area (Å²) in [6, 6.07) is 10.5. The fraction of sp³-hybridized carbons (Fsp3) is 0.667. The molecule has 1 aromatic carbocycles. The van der Waals surface area contributed by atoms with Crippen LogP contribution in [0.3, 0.4) is 0 Å². The lowest BCUT2D eigenvalue weighted by Gasteiger charge is -2.28. The molecular weight excluding hydrogens is 485 g/mol. The molecule has 0 radical (unpaired) electrons. The first-order valence-corrected chi connectivity index (χ1v) is 11.9. The monoisotopic (exact) mass is 519 g/mol. The van der Waals surface area contributed by atoms with Crippen molar-refractivity contribution < 1.29 is 8.42 Å². The number of rotatable bonds is 5. The Balaban J connectivity index is 0.00000280. The molecule has 2 heterocycles. The quantitative estimate of drug-likeness (QED) is 0.365. The van der Waals surface area contributed by atoms with Gasteiger partial charge in [-0.3, -0.25) is 4.99 Å². The first-order valence-electron chi connectivity index (χ1n) is 10.1. The maximum Gasteiger partial charge on any atom is 0.194 e. The molecule has 158 valence electrons. The van der Waals surface area contributed by atoms with E-state index >= 15 is 0 Å². The maximum absolute atomic E-state index is 11.8. The highest BCUT2D eigenvalue weighted by atomic mass is 127. The number of likely N-dealkylation sites (tertiary alicyclic amines) is 1. The minimum atomic E-state index is -2.85. The average Bonchev–Trinajstić information content (AvgIpc) is 3.22. The van der Waals surface area contributed by atoms with Gasteiger partial charge in [0.1, 0.15) is 0 Å². The number of guanidine groups is 1. The van der Waals surface area contributed by atoms with Crippen LogP contribution in [-0.2, 0) is 9.84 Å². The van der Waals surface area contributed by atoms with E-state index in [1.807, 2.05) is 6.07 Å². The number of aliphatic imine (C=N–C) groups is 1. The van der Waals surface area contributed by atoms with E-state index in [1.54, 1.807) is 0 Å². The van der Waals surface area contributed by atoms with Crippen molar-refractivity contribution in [1.29, 1.82) is 0 Å². The van der Waals surface area contributed by atoms with Crippen LogP contribution in [-0.4, -0.2) is 50.4 Å². The Morgan fingerprint density at radius 3 is 2.64 bits per heavy atom. The molecule has 0 aromatic heterocycles. The van der Waals surface area contributed by atoms with Crippen LogP contribution >= 0.6 is 24.0 Å². The molecule has 1 aromatic rings. The van der Waals surface area contributed by atoms with Gasteiger partial charge >= 0.3 is 0 Å². The number of sulfone groups is 1. The van der Waals surface area contributed by atoms with E-state index in [1.165, 1.54) is 12.0 Å². The molecule has 0 aliphatic carbocycles. The second-order valence-corrected chi connectivity index (χ2v) is 10.8. The maximum atomic E-state index is 11.8. The topological polar surface area (TPSA) is 61.8 Å². The number of benzene rings is 1. The second-order valence-electron chi connectivity index (χ2n) is 8.55. The summed E-state index contributed by atoms with van der Waals surface area (Å²) in [7, 11) is -2.85. The minimum Gasteiger partial charge on any atom is -0.350 e. The highest BCUT2D eigenvalue weighted by Crippen LogP contribution is 2.33. The Bertz CT molecular complexity index is 769. The standard InChI is InChI=1S/C21H33N3O2S.HI/c1-4-21(3)11-12-24(16-21)20(22-14-18-10-13-27(25,26)15-18)23-17(2)19-8-6-5-7-9-19;/h5-9,17-18H,4,10-16H2,1-3H3,(H,22,23);1H. The molecule has 0 amide bonds. The molecule has 2 fully saturated rings. The summed E-state index contributed by atoms with van der Waals surface area (Å²) in [5.41, 5.74) is 1.56. The zero-order valence-corrected chi connectivity index (χ0v) is 20.4. The molecule has 7 heteroatoms. The summed E-state index contributed by atoms with van der Waals surface area (Å²) >= 11 is 0. The van der Waals surface area contributed by atoms with Gasteiger partial charge in [0.2, 0.25) is 0 Å². The molecule has 0 bridgehead atoms. The van der Waals surface area contributed by atoms with Gasteiger partial charge in [-0.1, -0.05) is 44.2 Å². The molecule has 28 heavy (non-hydrogen) atoms. The van der Waals surface area contributed by atoms with Crippen molar-refractivity contribution in [1.82, 2.24) is 10.2 Å². The van der Waals surface area contributed by atoms with E-state index in [-0.39, 0.29) is 41.7 Å². The van der Waals surface area contributed by atoms with Crippen molar-refractivity contribution >= 4 is 39.8 Å². The Morgan fingerprint density at radius 1 is 1.36 bits per heavy atom. The minimum absolute atomic E-state index is 0. The van der Waals surface area contributed by atoms with Gasteiger partial charge in [-0.05, 0) is 43.1 Å². The average molecular weight is 519 g/mol. The van der Waals surface area contributed by atoms with Gasteiger partial charge in [0.25, 0.3) is 0 Å². The van der Waals surface area contributed by atoms with Crippen molar-refractivity contribution in [3.8, 4) is 0 Å². The third-order valence-electron chi connectivity index (χ3n) is 6.18. The Labute approximate surface area is 187 Å². The molecule has 2 aliphatic heterocycles. The Morgan fingerprint density at radius 2 is 2.07 bits per heavy atom. The molecular formula is C21H34IN3O2S. The number of halogens is 1. The zero-order valence-electron chi connectivity index (χ0n) is 17.2. The van der Waals surface area contributed by atoms with Crippen LogP contribution < -0.4 is 5.32 Å². The van der Waals surface area contributed by atoms with Gasteiger partial charge in [-0.25, -0.2) is 8.42 Å². The highest BCUT2D eigenvalue weighted by Gasteiger charge is 2.34. The van der Waals surface area contributed by atoms with Crippen LogP contribution in [0.1, 0.15) is 51.6 Å². The molecule has 0 saturated carbocycles. The van der Waals surface area contributed by atoms with Crippen LogP contribution in [0.5, 0.6) is 0 Å². The predicted octanol–water partition coefficient (Wildman–Crippen LogP) is 3.87. The summed E-state index contributed by atoms with van der Waals surface area (Å²) < 4.78 is 23.5. The van der Waals surface area contributed by atoms with E-state index in [0.29, 0.717) is 17.7 Å². The molecule has 3 rings (SSSR count). The van der Waals surface area contributed by atoms with E-state index in [0.717, 1.165) is 31.9 Å².